The second kappa shape index (κ2) is 9.23. The van der Waals surface area contributed by atoms with E-state index >= 15 is 0 Å². The van der Waals surface area contributed by atoms with Gasteiger partial charge in [-0.05, 0) is 50.5 Å². The molecule has 0 saturated heterocycles. The predicted octanol–water partition coefficient (Wildman–Crippen LogP) is 6.14. The number of aromatic nitrogens is 3. The highest BCUT2D eigenvalue weighted by Gasteiger charge is 2.28. The number of benzene rings is 2. The van der Waals surface area contributed by atoms with Crippen LogP contribution in [0.1, 0.15) is 44.2 Å². The molecular formula is C23H25ClN4OS. The van der Waals surface area contributed by atoms with E-state index < -0.39 is 0 Å². The molecule has 4 rings (SSSR count). The number of anilines is 1. The number of hydrogen-bond donors (Lipinski definition) is 1. The average Bonchev–Trinajstić information content (AvgIpc) is 3.40. The summed E-state index contributed by atoms with van der Waals surface area (Å²) in [6.07, 6.45) is 4.57. The summed E-state index contributed by atoms with van der Waals surface area (Å²) in [5.41, 5.74) is 2.75. The Hall–Kier alpha value is -2.31. The van der Waals surface area contributed by atoms with Crippen LogP contribution in [-0.4, -0.2) is 25.9 Å². The molecule has 1 unspecified atom stereocenters. The molecule has 0 bridgehead atoms. The molecule has 1 N–H and O–H groups in total. The van der Waals surface area contributed by atoms with Crippen molar-refractivity contribution in [2.45, 2.75) is 56.0 Å². The van der Waals surface area contributed by atoms with Gasteiger partial charge in [0.15, 0.2) is 11.0 Å². The molecule has 7 heteroatoms. The highest BCUT2D eigenvalue weighted by molar-refractivity contribution is 8.00. The average molecular weight is 441 g/mol. The van der Waals surface area contributed by atoms with Crippen LogP contribution in [0, 0.1) is 6.92 Å². The molecule has 1 fully saturated rings. The maximum absolute atomic E-state index is 12.8. The zero-order valence-corrected chi connectivity index (χ0v) is 18.7. The summed E-state index contributed by atoms with van der Waals surface area (Å²) in [6, 6.07) is 15.8. The van der Waals surface area contributed by atoms with Crippen molar-refractivity contribution >= 4 is 35.0 Å². The molecule has 0 aliphatic heterocycles. The third kappa shape index (κ3) is 4.40. The number of para-hydroxylation sites is 1. The first-order valence-corrected chi connectivity index (χ1v) is 11.5. The zero-order chi connectivity index (χ0) is 21.1. The van der Waals surface area contributed by atoms with Crippen LogP contribution in [0.5, 0.6) is 0 Å². The summed E-state index contributed by atoms with van der Waals surface area (Å²) in [4.78, 5) is 12.8. The Morgan fingerprint density at radius 2 is 1.83 bits per heavy atom. The molecule has 156 valence electrons. The lowest BCUT2D eigenvalue weighted by molar-refractivity contribution is -0.115. The second-order valence-electron chi connectivity index (χ2n) is 7.66. The van der Waals surface area contributed by atoms with Gasteiger partial charge in [0.1, 0.15) is 0 Å². The smallest absolute Gasteiger partial charge is 0.237 e. The van der Waals surface area contributed by atoms with E-state index in [1.54, 1.807) is 0 Å². The maximum atomic E-state index is 12.8. The molecule has 0 radical (unpaired) electrons. The lowest BCUT2D eigenvalue weighted by Gasteiger charge is -2.19. The molecule has 30 heavy (non-hydrogen) atoms. The molecular weight excluding hydrogens is 416 g/mol. The van der Waals surface area contributed by atoms with E-state index in [1.807, 2.05) is 62.4 Å². The zero-order valence-electron chi connectivity index (χ0n) is 17.1. The minimum atomic E-state index is -0.312. The van der Waals surface area contributed by atoms with Gasteiger partial charge in [-0.25, -0.2) is 0 Å². The van der Waals surface area contributed by atoms with E-state index in [0.29, 0.717) is 11.1 Å². The molecule has 2 aromatic carbocycles. The first kappa shape index (κ1) is 20.9. The van der Waals surface area contributed by atoms with Crippen molar-refractivity contribution in [3.8, 4) is 11.4 Å². The number of thioether (sulfide) groups is 1. The molecule has 1 aliphatic rings. The number of halogens is 1. The third-order valence-electron chi connectivity index (χ3n) is 5.52. The summed E-state index contributed by atoms with van der Waals surface area (Å²) < 4.78 is 2.19. The standard InChI is InChI=1S/C23H25ClN4OS/c1-15-9-3-8-14-20(15)25-22(29)16(2)30-23-27-26-21(18-12-6-7-13-19(18)24)28(23)17-10-4-5-11-17/h3,6-9,12-14,16-17H,4-5,10-11H2,1-2H3,(H,25,29). The Labute approximate surface area is 186 Å². The number of nitrogens with one attached hydrogen (secondary N) is 1. The Morgan fingerprint density at radius 3 is 2.57 bits per heavy atom. The van der Waals surface area contributed by atoms with E-state index in [4.69, 9.17) is 11.6 Å². The summed E-state index contributed by atoms with van der Waals surface area (Å²) >= 11 is 7.90. The highest BCUT2D eigenvalue weighted by Crippen LogP contribution is 2.39. The summed E-state index contributed by atoms with van der Waals surface area (Å²) in [7, 11) is 0. The maximum Gasteiger partial charge on any atom is 0.237 e. The van der Waals surface area contributed by atoms with E-state index in [0.717, 1.165) is 40.6 Å². The van der Waals surface area contributed by atoms with Crippen molar-refractivity contribution in [1.29, 1.82) is 0 Å². The number of carbonyl (C=O) groups is 1. The number of aryl methyl sites for hydroxylation is 1. The fourth-order valence-electron chi connectivity index (χ4n) is 3.83. The van der Waals surface area contributed by atoms with Crippen molar-refractivity contribution < 1.29 is 4.79 Å². The summed E-state index contributed by atoms with van der Waals surface area (Å²) in [5.74, 6) is 0.732. The monoisotopic (exact) mass is 440 g/mol. The summed E-state index contributed by atoms with van der Waals surface area (Å²) in [6.45, 7) is 3.89. The van der Waals surface area contributed by atoms with Gasteiger partial charge >= 0.3 is 0 Å². The van der Waals surface area contributed by atoms with Gasteiger partial charge in [-0.2, -0.15) is 0 Å². The van der Waals surface area contributed by atoms with Gasteiger partial charge in [-0.15, -0.1) is 10.2 Å². The molecule has 1 atom stereocenters. The molecule has 1 amide bonds. The van der Waals surface area contributed by atoms with Crippen molar-refractivity contribution in [3.05, 3.63) is 59.1 Å². The fourth-order valence-corrected chi connectivity index (χ4v) is 4.97. The highest BCUT2D eigenvalue weighted by atomic mass is 35.5. The van der Waals surface area contributed by atoms with Crippen molar-refractivity contribution in [2.24, 2.45) is 0 Å². The van der Waals surface area contributed by atoms with E-state index in [9.17, 15) is 4.79 Å². The minimum Gasteiger partial charge on any atom is -0.325 e. The van der Waals surface area contributed by atoms with Crippen LogP contribution in [0.2, 0.25) is 5.02 Å². The molecule has 1 saturated carbocycles. The molecule has 0 spiro atoms. The van der Waals surface area contributed by atoms with Crippen molar-refractivity contribution in [2.75, 3.05) is 5.32 Å². The first-order valence-electron chi connectivity index (χ1n) is 10.3. The SMILES string of the molecule is Cc1ccccc1NC(=O)C(C)Sc1nnc(-c2ccccc2Cl)n1C1CCCC1. The van der Waals surface area contributed by atoms with Crippen LogP contribution in [0.4, 0.5) is 5.69 Å². The van der Waals surface area contributed by atoms with E-state index in [-0.39, 0.29) is 11.2 Å². The van der Waals surface area contributed by atoms with Crippen molar-refractivity contribution in [3.63, 3.8) is 0 Å². The topological polar surface area (TPSA) is 59.8 Å². The van der Waals surface area contributed by atoms with Gasteiger partial charge in [0, 0.05) is 17.3 Å². The largest absolute Gasteiger partial charge is 0.325 e. The van der Waals surface area contributed by atoms with Crippen LogP contribution in [0.25, 0.3) is 11.4 Å². The lowest BCUT2D eigenvalue weighted by atomic mass is 10.2. The van der Waals surface area contributed by atoms with Crippen LogP contribution in [0.3, 0.4) is 0 Å². The minimum absolute atomic E-state index is 0.0467. The first-order chi connectivity index (χ1) is 14.5. The fraction of sp³-hybridized carbons (Fsp3) is 0.348. The number of hydrogen-bond acceptors (Lipinski definition) is 4. The van der Waals surface area contributed by atoms with Crippen LogP contribution in [-0.2, 0) is 4.79 Å². The summed E-state index contributed by atoms with van der Waals surface area (Å²) in [5, 5.41) is 13.1. The molecule has 3 aromatic rings. The third-order valence-corrected chi connectivity index (χ3v) is 6.91. The number of amides is 1. The van der Waals surface area contributed by atoms with Gasteiger partial charge in [0.2, 0.25) is 5.91 Å². The molecule has 1 aromatic heterocycles. The van der Waals surface area contributed by atoms with Gasteiger partial charge < -0.3 is 5.32 Å². The number of rotatable bonds is 6. The number of carbonyl (C=O) groups excluding carboxylic acids is 1. The van der Waals surface area contributed by atoms with Gasteiger partial charge in [0.05, 0.1) is 10.3 Å². The van der Waals surface area contributed by atoms with Crippen LogP contribution < -0.4 is 5.32 Å². The molecule has 5 nitrogen and oxygen atoms in total. The van der Waals surface area contributed by atoms with Crippen LogP contribution >= 0.6 is 23.4 Å². The van der Waals surface area contributed by atoms with Crippen LogP contribution in [0.15, 0.2) is 53.7 Å². The lowest BCUT2D eigenvalue weighted by Crippen LogP contribution is -2.23. The Balaban J connectivity index is 1.60. The van der Waals surface area contributed by atoms with E-state index in [1.165, 1.54) is 24.6 Å². The predicted molar refractivity (Wildman–Crippen MR) is 123 cm³/mol. The Morgan fingerprint density at radius 1 is 1.13 bits per heavy atom. The van der Waals surface area contributed by atoms with Crippen molar-refractivity contribution in [1.82, 2.24) is 14.8 Å². The van der Waals surface area contributed by atoms with Gasteiger partial charge in [-0.3, -0.25) is 9.36 Å². The van der Waals surface area contributed by atoms with Gasteiger partial charge in [-0.1, -0.05) is 66.5 Å². The van der Waals surface area contributed by atoms with E-state index in [2.05, 4.69) is 20.1 Å². The Bertz CT molecular complexity index is 1050. The van der Waals surface area contributed by atoms with Gasteiger partial charge in [0.25, 0.3) is 0 Å². The second-order valence-corrected chi connectivity index (χ2v) is 9.37. The number of nitrogens with zero attached hydrogens (tertiary/aromatic N) is 3. The molecule has 1 aliphatic carbocycles. The Kier molecular flexibility index (Phi) is 6.44. The normalized spacial score (nSPS) is 15.3. The molecule has 1 heterocycles. The quantitative estimate of drug-likeness (QED) is 0.467.